The molecule has 0 spiro atoms. The monoisotopic (exact) mass is 480 g/mol. The summed E-state index contributed by atoms with van der Waals surface area (Å²) in [4.78, 5) is 32.2. The highest BCUT2D eigenvalue weighted by atomic mass is 35.5. The highest BCUT2D eigenvalue weighted by Crippen LogP contribution is 2.45. The minimum Gasteiger partial charge on any atom is -0.507 e. The molecule has 0 saturated carbocycles. The van der Waals surface area contributed by atoms with Crippen molar-refractivity contribution >= 4 is 55.7 Å². The summed E-state index contributed by atoms with van der Waals surface area (Å²) < 4.78 is 11.7. The van der Waals surface area contributed by atoms with Crippen LogP contribution in [0.25, 0.3) is 16.0 Å². The van der Waals surface area contributed by atoms with Crippen molar-refractivity contribution in [1.29, 1.82) is 0 Å². The number of fused-ring (bicyclic) bond motifs is 1. The zero-order chi connectivity index (χ0) is 23.3. The number of Topliss-reactive ketones (excluding diaryl/α,β-unsaturated/α-hetero) is 1. The zero-order valence-electron chi connectivity index (χ0n) is 17.5. The minimum atomic E-state index is -0.975. The minimum absolute atomic E-state index is 0.0724. The number of rotatable bonds is 4. The number of carbonyl (C=O) groups excluding carboxylic acids is 2. The summed E-state index contributed by atoms with van der Waals surface area (Å²) in [7, 11) is 1.53. The lowest BCUT2D eigenvalue weighted by molar-refractivity contribution is -0.132. The van der Waals surface area contributed by atoms with Gasteiger partial charge in [-0.3, -0.25) is 14.5 Å². The first-order valence-corrected chi connectivity index (χ1v) is 11.1. The molecule has 1 unspecified atom stereocenters. The van der Waals surface area contributed by atoms with Gasteiger partial charge in [-0.1, -0.05) is 22.9 Å². The maximum absolute atomic E-state index is 13.2. The van der Waals surface area contributed by atoms with Crippen LogP contribution in [0.1, 0.15) is 23.1 Å². The zero-order valence-corrected chi connectivity index (χ0v) is 19.1. The van der Waals surface area contributed by atoms with Crippen molar-refractivity contribution in [2.75, 3.05) is 12.0 Å². The molecular formula is C24H17ClN2O5S. The van der Waals surface area contributed by atoms with E-state index in [1.54, 1.807) is 61.5 Å². The van der Waals surface area contributed by atoms with Crippen LogP contribution >= 0.6 is 22.9 Å². The lowest BCUT2D eigenvalue weighted by atomic mass is 9.99. The van der Waals surface area contributed by atoms with Crippen LogP contribution in [0.5, 0.6) is 5.75 Å². The van der Waals surface area contributed by atoms with E-state index >= 15 is 0 Å². The van der Waals surface area contributed by atoms with Gasteiger partial charge in [0, 0.05) is 10.6 Å². The molecule has 3 heterocycles. The number of hydrogen-bond acceptors (Lipinski definition) is 7. The number of aliphatic hydroxyl groups excluding tert-OH is 1. The van der Waals surface area contributed by atoms with Crippen LogP contribution in [-0.2, 0) is 9.59 Å². The molecular weight excluding hydrogens is 464 g/mol. The lowest BCUT2D eigenvalue weighted by Gasteiger charge is -2.20. The first-order valence-electron chi connectivity index (χ1n) is 9.95. The van der Waals surface area contributed by atoms with Gasteiger partial charge in [0.2, 0.25) is 0 Å². The van der Waals surface area contributed by atoms with Gasteiger partial charge in [-0.2, -0.15) is 0 Å². The largest absolute Gasteiger partial charge is 0.507 e. The van der Waals surface area contributed by atoms with Crippen molar-refractivity contribution in [3.8, 4) is 5.75 Å². The number of thiazole rings is 1. The van der Waals surface area contributed by atoms with Gasteiger partial charge in [-0.15, -0.1) is 0 Å². The van der Waals surface area contributed by atoms with E-state index in [-0.39, 0.29) is 11.3 Å². The topological polar surface area (TPSA) is 92.9 Å². The number of hydrogen-bond donors (Lipinski definition) is 1. The Morgan fingerprint density at radius 1 is 1.15 bits per heavy atom. The summed E-state index contributed by atoms with van der Waals surface area (Å²) in [6.45, 7) is 1.76. The molecule has 9 heteroatoms. The summed E-state index contributed by atoms with van der Waals surface area (Å²) in [6.07, 6.45) is 0. The highest BCUT2D eigenvalue weighted by molar-refractivity contribution is 7.22. The number of halogens is 1. The van der Waals surface area contributed by atoms with Gasteiger partial charge in [0.15, 0.2) is 5.13 Å². The second-order valence-electron chi connectivity index (χ2n) is 7.45. The average molecular weight is 481 g/mol. The molecule has 1 N–H and O–H groups in total. The Balaban J connectivity index is 1.70. The van der Waals surface area contributed by atoms with Crippen LogP contribution in [0.15, 0.2) is 64.6 Å². The van der Waals surface area contributed by atoms with Crippen LogP contribution in [0.2, 0.25) is 5.02 Å². The van der Waals surface area contributed by atoms with E-state index in [0.29, 0.717) is 38.5 Å². The molecule has 2 aromatic heterocycles. The van der Waals surface area contributed by atoms with Crippen molar-refractivity contribution in [3.05, 3.63) is 82.3 Å². The molecule has 166 valence electrons. The summed E-state index contributed by atoms with van der Waals surface area (Å²) >= 11 is 7.33. The molecule has 0 bridgehead atoms. The first-order chi connectivity index (χ1) is 15.9. The number of aryl methyl sites for hydroxylation is 1. The van der Waals surface area contributed by atoms with Crippen LogP contribution in [0.3, 0.4) is 0 Å². The Morgan fingerprint density at radius 3 is 2.58 bits per heavy atom. The number of furan rings is 1. The fraction of sp³-hybridized carbons (Fsp3) is 0.125. The predicted octanol–water partition coefficient (Wildman–Crippen LogP) is 5.49. The van der Waals surface area contributed by atoms with Crippen molar-refractivity contribution < 1.29 is 23.8 Å². The quantitative estimate of drug-likeness (QED) is 0.236. The summed E-state index contributed by atoms with van der Waals surface area (Å²) in [5, 5.41) is 12.0. The van der Waals surface area contributed by atoms with Crippen LogP contribution in [-0.4, -0.2) is 28.9 Å². The van der Waals surface area contributed by atoms with Crippen LogP contribution in [0, 0.1) is 6.92 Å². The Bertz CT molecular complexity index is 1440. The number of benzene rings is 2. The Morgan fingerprint density at radius 2 is 1.91 bits per heavy atom. The van der Waals surface area contributed by atoms with Gasteiger partial charge in [-0.05, 0) is 61.5 Å². The first kappa shape index (κ1) is 21.2. The second kappa shape index (κ2) is 8.06. The third-order valence-electron chi connectivity index (χ3n) is 5.38. The Hall–Kier alpha value is -3.62. The number of nitrogens with zero attached hydrogens (tertiary/aromatic N) is 2. The van der Waals surface area contributed by atoms with Gasteiger partial charge < -0.3 is 14.3 Å². The molecule has 1 aliphatic heterocycles. The highest BCUT2D eigenvalue weighted by Gasteiger charge is 2.49. The number of ketones is 1. The molecule has 1 amide bonds. The summed E-state index contributed by atoms with van der Waals surface area (Å²) in [6, 6.07) is 14.2. The molecule has 4 aromatic rings. The maximum atomic E-state index is 13.2. The number of amides is 1. The second-order valence-corrected chi connectivity index (χ2v) is 8.90. The number of ether oxygens (including phenoxy) is 1. The summed E-state index contributed by atoms with van der Waals surface area (Å²) in [5.74, 6) is -0.371. The number of methoxy groups -OCH3 is 1. The molecule has 5 rings (SSSR count). The van der Waals surface area contributed by atoms with Gasteiger partial charge in [0.25, 0.3) is 5.78 Å². The normalized spacial score (nSPS) is 17.8. The Kier molecular flexibility index (Phi) is 5.19. The van der Waals surface area contributed by atoms with E-state index in [0.717, 1.165) is 4.70 Å². The molecule has 1 atom stereocenters. The maximum Gasteiger partial charge on any atom is 0.302 e. The van der Waals surface area contributed by atoms with Gasteiger partial charge in [-0.25, -0.2) is 4.98 Å². The standard InChI is InChI=1S/C24H17ClN2O5S/c1-12-3-10-17(32-12)20-19(21(28)13-4-7-15(31-2)8-5-13)22(29)23(30)27(20)24-26-16-9-6-14(25)11-18(16)33-24/h3-11,20,28H,1-2H3/b21-19+. The Labute approximate surface area is 197 Å². The fourth-order valence-corrected chi connectivity index (χ4v) is 5.06. The molecule has 1 fully saturated rings. The van der Waals surface area contributed by atoms with Gasteiger partial charge in [0.05, 0.1) is 22.9 Å². The van der Waals surface area contributed by atoms with Gasteiger partial charge in [0.1, 0.15) is 29.1 Å². The van der Waals surface area contributed by atoms with Crippen LogP contribution < -0.4 is 9.64 Å². The van der Waals surface area contributed by atoms with E-state index in [2.05, 4.69) is 4.98 Å². The number of anilines is 1. The molecule has 1 saturated heterocycles. The fourth-order valence-electron chi connectivity index (χ4n) is 3.79. The molecule has 1 aliphatic rings. The van der Waals surface area contributed by atoms with Crippen molar-refractivity contribution in [2.24, 2.45) is 0 Å². The van der Waals surface area contributed by atoms with E-state index in [9.17, 15) is 14.7 Å². The third kappa shape index (κ3) is 3.57. The number of aromatic nitrogens is 1. The van der Waals surface area contributed by atoms with Crippen molar-refractivity contribution in [3.63, 3.8) is 0 Å². The van der Waals surface area contributed by atoms with E-state index in [4.69, 9.17) is 20.8 Å². The molecule has 2 aromatic carbocycles. The van der Waals surface area contributed by atoms with Crippen molar-refractivity contribution in [1.82, 2.24) is 4.98 Å². The predicted molar refractivity (Wildman–Crippen MR) is 126 cm³/mol. The van der Waals surface area contributed by atoms with Crippen LogP contribution in [0.4, 0.5) is 5.13 Å². The smallest absolute Gasteiger partial charge is 0.302 e. The molecule has 33 heavy (non-hydrogen) atoms. The van der Waals surface area contributed by atoms with Crippen molar-refractivity contribution in [2.45, 2.75) is 13.0 Å². The van der Waals surface area contributed by atoms with E-state index < -0.39 is 17.7 Å². The third-order valence-corrected chi connectivity index (χ3v) is 6.64. The number of carbonyl (C=O) groups is 2. The van der Waals surface area contributed by atoms with E-state index in [1.807, 2.05) is 0 Å². The lowest BCUT2D eigenvalue weighted by Crippen LogP contribution is -2.29. The SMILES string of the molecule is COc1ccc(/C(O)=C2\C(=O)C(=O)N(c3nc4ccc(Cl)cc4s3)C2c2ccc(C)o2)cc1. The average Bonchev–Trinajstić information content (AvgIpc) is 3.49. The number of aliphatic hydroxyl groups is 1. The van der Waals surface area contributed by atoms with E-state index in [1.165, 1.54) is 23.3 Å². The molecule has 0 radical (unpaired) electrons. The van der Waals surface area contributed by atoms with Gasteiger partial charge >= 0.3 is 5.91 Å². The molecule has 7 nitrogen and oxygen atoms in total. The molecule has 0 aliphatic carbocycles. The summed E-state index contributed by atoms with van der Waals surface area (Å²) in [5.41, 5.74) is 0.945.